The summed E-state index contributed by atoms with van der Waals surface area (Å²) in [7, 11) is 2.01. The van der Waals surface area contributed by atoms with Crippen LogP contribution in [0.1, 0.15) is 11.3 Å². The van der Waals surface area contributed by atoms with Crippen molar-refractivity contribution in [2.24, 2.45) is 12.5 Å². The number of aryl methyl sites for hydroxylation is 1. The highest BCUT2D eigenvalue weighted by atomic mass is 15.3. The molecule has 0 amide bonds. The Morgan fingerprint density at radius 3 is 2.67 bits per heavy atom. The lowest BCUT2D eigenvalue weighted by atomic mass is 9.74. The van der Waals surface area contributed by atoms with E-state index in [1.807, 2.05) is 17.9 Å². The van der Waals surface area contributed by atoms with Crippen LogP contribution in [-0.4, -0.2) is 40.9 Å². The second kappa shape index (κ2) is 3.06. The summed E-state index contributed by atoms with van der Waals surface area (Å²) in [4.78, 5) is 2.52. The first-order chi connectivity index (χ1) is 7.19. The molecular formula is C11H18N4. The van der Waals surface area contributed by atoms with E-state index in [1.54, 1.807) is 0 Å². The Bertz CT molecular complexity index is 370. The first kappa shape index (κ1) is 9.36. The second-order valence-electron chi connectivity index (χ2n) is 5.13. The lowest BCUT2D eigenvalue weighted by Gasteiger charge is -2.56. The van der Waals surface area contributed by atoms with Crippen molar-refractivity contribution in [3.63, 3.8) is 0 Å². The summed E-state index contributed by atoms with van der Waals surface area (Å²) in [6, 6.07) is 0. The van der Waals surface area contributed by atoms with E-state index in [0.717, 1.165) is 6.54 Å². The van der Waals surface area contributed by atoms with E-state index in [4.69, 9.17) is 0 Å². The maximum absolute atomic E-state index is 4.28. The third-order valence-corrected chi connectivity index (χ3v) is 3.85. The van der Waals surface area contributed by atoms with Crippen LogP contribution in [0.5, 0.6) is 0 Å². The van der Waals surface area contributed by atoms with Crippen LogP contribution in [0, 0.1) is 12.3 Å². The molecule has 0 aliphatic carbocycles. The van der Waals surface area contributed by atoms with Crippen LogP contribution >= 0.6 is 0 Å². The fraction of sp³-hybridized carbons (Fsp3) is 0.727. The maximum Gasteiger partial charge on any atom is 0.0537 e. The third-order valence-electron chi connectivity index (χ3n) is 3.85. The molecule has 4 nitrogen and oxygen atoms in total. The molecule has 0 unspecified atom stereocenters. The largest absolute Gasteiger partial charge is 0.315 e. The molecule has 2 aliphatic rings. The Morgan fingerprint density at radius 2 is 2.20 bits per heavy atom. The molecule has 2 aliphatic heterocycles. The first-order valence-electron chi connectivity index (χ1n) is 5.59. The maximum atomic E-state index is 4.28. The lowest BCUT2D eigenvalue weighted by Crippen LogP contribution is -2.70. The second-order valence-corrected chi connectivity index (χ2v) is 5.13. The fourth-order valence-corrected chi connectivity index (χ4v) is 2.66. The molecule has 3 heterocycles. The predicted molar refractivity (Wildman–Crippen MR) is 58.5 cm³/mol. The standard InChI is InChI=1S/C11H18N4/c1-9-10(3-13-14(9)2)4-15-7-11(8-15)5-12-6-11/h3,12H,4-8H2,1-2H3. The molecular weight excluding hydrogens is 188 g/mol. The number of nitrogens with zero attached hydrogens (tertiary/aromatic N) is 3. The van der Waals surface area contributed by atoms with Crippen molar-refractivity contribution in [3.8, 4) is 0 Å². The van der Waals surface area contributed by atoms with Crippen LogP contribution in [0.25, 0.3) is 0 Å². The fourth-order valence-electron chi connectivity index (χ4n) is 2.66. The van der Waals surface area contributed by atoms with Crippen molar-refractivity contribution in [2.75, 3.05) is 26.2 Å². The molecule has 1 spiro atoms. The first-order valence-corrected chi connectivity index (χ1v) is 5.59. The Balaban J connectivity index is 1.61. The number of hydrogen-bond donors (Lipinski definition) is 1. The van der Waals surface area contributed by atoms with Gasteiger partial charge in [-0.1, -0.05) is 0 Å². The molecule has 82 valence electrons. The minimum absolute atomic E-state index is 0.635. The molecule has 3 rings (SSSR count). The van der Waals surface area contributed by atoms with Gasteiger partial charge in [0.1, 0.15) is 0 Å². The van der Waals surface area contributed by atoms with Crippen LogP contribution in [0.2, 0.25) is 0 Å². The minimum Gasteiger partial charge on any atom is -0.315 e. The summed E-state index contributed by atoms with van der Waals surface area (Å²) in [5, 5.41) is 7.64. The Morgan fingerprint density at radius 1 is 1.47 bits per heavy atom. The van der Waals surface area contributed by atoms with Crippen molar-refractivity contribution in [3.05, 3.63) is 17.5 Å². The van der Waals surface area contributed by atoms with Crippen LogP contribution in [0.3, 0.4) is 0 Å². The van der Waals surface area contributed by atoms with Crippen molar-refractivity contribution in [1.82, 2.24) is 20.0 Å². The van der Waals surface area contributed by atoms with E-state index in [0.29, 0.717) is 5.41 Å². The van der Waals surface area contributed by atoms with Gasteiger partial charge in [-0.25, -0.2) is 0 Å². The Kier molecular flexibility index (Phi) is 1.91. The number of hydrogen-bond acceptors (Lipinski definition) is 3. The highest BCUT2D eigenvalue weighted by molar-refractivity contribution is 5.17. The zero-order valence-corrected chi connectivity index (χ0v) is 9.45. The Hall–Kier alpha value is -0.870. The lowest BCUT2D eigenvalue weighted by molar-refractivity contribution is -0.0445. The topological polar surface area (TPSA) is 33.1 Å². The van der Waals surface area contributed by atoms with Gasteiger partial charge in [0, 0.05) is 56.4 Å². The average molecular weight is 206 g/mol. The van der Waals surface area contributed by atoms with Gasteiger partial charge in [0.25, 0.3) is 0 Å². The molecule has 15 heavy (non-hydrogen) atoms. The third kappa shape index (κ3) is 1.40. The van der Waals surface area contributed by atoms with E-state index >= 15 is 0 Å². The molecule has 0 atom stereocenters. The summed E-state index contributed by atoms with van der Waals surface area (Å²) in [5.74, 6) is 0. The molecule has 1 aromatic heterocycles. The number of likely N-dealkylation sites (tertiary alicyclic amines) is 1. The monoisotopic (exact) mass is 206 g/mol. The molecule has 2 saturated heterocycles. The van der Waals surface area contributed by atoms with E-state index in [1.165, 1.54) is 37.4 Å². The molecule has 0 saturated carbocycles. The van der Waals surface area contributed by atoms with E-state index in [2.05, 4.69) is 22.2 Å². The van der Waals surface area contributed by atoms with E-state index in [-0.39, 0.29) is 0 Å². The van der Waals surface area contributed by atoms with Crippen LogP contribution in [0.4, 0.5) is 0 Å². The summed E-state index contributed by atoms with van der Waals surface area (Å²) in [5.41, 5.74) is 3.30. The highest BCUT2D eigenvalue weighted by Gasteiger charge is 2.47. The zero-order chi connectivity index (χ0) is 10.5. The van der Waals surface area contributed by atoms with E-state index in [9.17, 15) is 0 Å². The van der Waals surface area contributed by atoms with Crippen LogP contribution < -0.4 is 5.32 Å². The van der Waals surface area contributed by atoms with Crippen LogP contribution in [-0.2, 0) is 13.6 Å². The zero-order valence-electron chi connectivity index (χ0n) is 9.45. The van der Waals surface area contributed by atoms with Gasteiger partial charge in [0.15, 0.2) is 0 Å². The summed E-state index contributed by atoms with van der Waals surface area (Å²) < 4.78 is 1.95. The summed E-state index contributed by atoms with van der Waals surface area (Å²) in [6.45, 7) is 8.16. The number of nitrogens with one attached hydrogen (secondary N) is 1. The van der Waals surface area contributed by atoms with Gasteiger partial charge in [-0.3, -0.25) is 9.58 Å². The van der Waals surface area contributed by atoms with Gasteiger partial charge < -0.3 is 5.32 Å². The number of aromatic nitrogens is 2. The van der Waals surface area contributed by atoms with Crippen molar-refractivity contribution >= 4 is 0 Å². The quantitative estimate of drug-likeness (QED) is 0.747. The summed E-state index contributed by atoms with van der Waals surface area (Å²) >= 11 is 0. The number of rotatable bonds is 2. The van der Waals surface area contributed by atoms with Gasteiger partial charge >= 0.3 is 0 Å². The van der Waals surface area contributed by atoms with Crippen LogP contribution in [0.15, 0.2) is 6.20 Å². The summed E-state index contributed by atoms with van der Waals surface area (Å²) in [6.07, 6.45) is 2.00. The predicted octanol–water partition coefficient (Wildman–Crippen LogP) is 0.134. The molecule has 1 N–H and O–H groups in total. The van der Waals surface area contributed by atoms with Gasteiger partial charge in [-0.05, 0) is 6.92 Å². The normalized spacial score (nSPS) is 23.9. The van der Waals surface area contributed by atoms with Crippen molar-refractivity contribution in [2.45, 2.75) is 13.5 Å². The molecule has 1 aromatic rings. The molecule has 0 bridgehead atoms. The van der Waals surface area contributed by atoms with Crippen molar-refractivity contribution in [1.29, 1.82) is 0 Å². The van der Waals surface area contributed by atoms with E-state index < -0.39 is 0 Å². The molecule has 2 fully saturated rings. The Labute approximate surface area is 90.3 Å². The minimum atomic E-state index is 0.635. The molecule has 4 heteroatoms. The van der Waals surface area contributed by atoms with Gasteiger partial charge in [0.05, 0.1) is 6.20 Å². The smallest absolute Gasteiger partial charge is 0.0537 e. The molecule has 0 aromatic carbocycles. The average Bonchev–Trinajstić information content (AvgIpc) is 2.38. The molecule has 0 radical (unpaired) electrons. The van der Waals surface area contributed by atoms with Crippen molar-refractivity contribution < 1.29 is 0 Å². The van der Waals surface area contributed by atoms with Gasteiger partial charge in [0.2, 0.25) is 0 Å². The highest BCUT2D eigenvalue weighted by Crippen LogP contribution is 2.34. The van der Waals surface area contributed by atoms with Gasteiger partial charge in [-0.2, -0.15) is 5.10 Å². The van der Waals surface area contributed by atoms with Gasteiger partial charge in [-0.15, -0.1) is 0 Å². The SMILES string of the molecule is Cc1c(CN2CC3(CNC3)C2)cnn1C.